The van der Waals surface area contributed by atoms with Gasteiger partial charge in [0.05, 0.1) is 0 Å². The predicted octanol–water partition coefficient (Wildman–Crippen LogP) is 2.82. The van der Waals surface area contributed by atoms with Crippen LogP contribution < -0.4 is 16.2 Å². The molecule has 5 nitrogen and oxygen atoms in total. The van der Waals surface area contributed by atoms with E-state index in [9.17, 15) is 0 Å². The Morgan fingerprint density at radius 2 is 2.00 bits per heavy atom. The highest BCUT2D eigenvalue weighted by Gasteiger charge is 2.26. The summed E-state index contributed by atoms with van der Waals surface area (Å²) >= 11 is 0. The van der Waals surface area contributed by atoms with Crippen LogP contribution in [0.25, 0.3) is 0 Å². The number of hydrogen-bond donors (Lipinski definition) is 2. The smallest absolute Gasteiger partial charge is 0.148 e. The molecule has 1 aliphatic rings. The summed E-state index contributed by atoms with van der Waals surface area (Å²) in [7, 11) is 0. The van der Waals surface area contributed by atoms with Gasteiger partial charge < -0.3 is 10.3 Å². The maximum absolute atomic E-state index is 5.62. The van der Waals surface area contributed by atoms with Gasteiger partial charge in [0.2, 0.25) is 0 Å². The zero-order chi connectivity index (χ0) is 14.9. The summed E-state index contributed by atoms with van der Waals surface area (Å²) < 4.78 is 0. The first-order chi connectivity index (χ1) is 9.43. The molecule has 2 unspecified atom stereocenters. The largest absolute Gasteiger partial charge is 0.353 e. The van der Waals surface area contributed by atoms with E-state index < -0.39 is 0 Å². The maximum atomic E-state index is 5.62. The Kier molecular flexibility index (Phi) is 4.48. The van der Waals surface area contributed by atoms with Crippen molar-refractivity contribution in [2.75, 3.05) is 16.9 Å². The lowest BCUT2D eigenvalue weighted by Crippen LogP contribution is -2.41. The van der Waals surface area contributed by atoms with Gasteiger partial charge in [-0.15, -0.1) is 0 Å². The summed E-state index contributed by atoms with van der Waals surface area (Å²) in [6.07, 6.45) is 2.43. The third-order valence-electron chi connectivity index (χ3n) is 4.20. The first-order valence-electron chi connectivity index (χ1n) is 7.55. The lowest BCUT2D eigenvalue weighted by atomic mass is 9.93. The van der Waals surface area contributed by atoms with Crippen molar-refractivity contribution in [2.24, 2.45) is 11.8 Å². The molecule has 1 aromatic heterocycles. The van der Waals surface area contributed by atoms with Crippen LogP contribution in [-0.2, 0) is 0 Å². The minimum Gasteiger partial charge on any atom is -0.353 e. The van der Waals surface area contributed by atoms with Gasteiger partial charge in [-0.2, -0.15) is 0 Å². The molecule has 1 aliphatic heterocycles. The summed E-state index contributed by atoms with van der Waals surface area (Å²) in [6, 6.07) is 0.512. The lowest BCUT2D eigenvalue weighted by molar-refractivity contribution is 0.375. The number of piperidine rings is 1. The van der Waals surface area contributed by atoms with Crippen LogP contribution in [0.2, 0.25) is 0 Å². The number of aromatic nitrogens is 2. The van der Waals surface area contributed by atoms with Crippen LogP contribution in [0.1, 0.15) is 57.8 Å². The van der Waals surface area contributed by atoms with Crippen LogP contribution in [0.5, 0.6) is 0 Å². The van der Waals surface area contributed by atoms with E-state index in [1.54, 1.807) is 0 Å². The standard InChI is InChI=1S/C15H27N5/c1-9(2)13-17-14(19-16)12(5)15(18-13)20-7-6-10(3)8-11(20)4/h9-11H,6-8,16H2,1-5H3,(H,17,18,19). The van der Waals surface area contributed by atoms with Crippen molar-refractivity contribution in [2.45, 2.75) is 59.4 Å². The predicted molar refractivity (Wildman–Crippen MR) is 83.9 cm³/mol. The second-order valence-electron chi connectivity index (χ2n) is 6.35. The second kappa shape index (κ2) is 5.95. The maximum Gasteiger partial charge on any atom is 0.148 e. The Bertz CT molecular complexity index is 472. The molecule has 0 radical (unpaired) electrons. The van der Waals surface area contributed by atoms with E-state index in [1.807, 2.05) is 6.92 Å². The molecule has 0 amide bonds. The van der Waals surface area contributed by atoms with Crippen LogP contribution in [-0.4, -0.2) is 22.6 Å². The summed E-state index contributed by atoms with van der Waals surface area (Å²) in [6.45, 7) is 11.9. The fraction of sp³-hybridized carbons (Fsp3) is 0.733. The molecule has 2 atom stereocenters. The normalized spacial score (nSPS) is 23.2. The highest BCUT2D eigenvalue weighted by molar-refractivity contribution is 5.59. The van der Waals surface area contributed by atoms with Gasteiger partial charge in [0.25, 0.3) is 0 Å². The summed E-state index contributed by atoms with van der Waals surface area (Å²) in [4.78, 5) is 11.7. The zero-order valence-corrected chi connectivity index (χ0v) is 13.3. The first-order valence-corrected chi connectivity index (χ1v) is 7.55. The summed E-state index contributed by atoms with van der Waals surface area (Å²) in [5.41, 5.74) is 3.76. The number of nitrogen functional groups attached to an aromatic ring is 1. The van der Waals surface area contributed by atoms with Crippen LogP contribution in [0, 0.1) is 12.8 Å². The zero-order valence-electron chi connectivity index (χ0n) is 13.3. The first kappa shape index (κ1) is 15.0. The van der Waals surface area contributed by atoms with Crippen molar-refractivity contribution >= 4 is 11.6 Å². The van der Waals surface area contributed by atoms with Crippen LogP contribution >= 0.6 is 0 Å². The third-order valence-corrected chi connectivity index (χ3v) is 4.20. The molecule has 0 bridgehead atoms. The minimum absolute atomic E-state index is 0.292. The van der Waals surface area contributed by atoms with E-state index in [0.29, 0.717) is 12.0 Å². The molecule has 0 aliphatic carbocycles. The van der Waals surface area contributed by atoms with Gasteiger partial charge in [0, 0.05) is 24.1 Å². The second-order valence-corrected chi connectivity index (χ2v) is 6.35. The molecule has 3 N–H and O–H groups in total. The molecule has 0 spiro atoms. The van der Waals surface area contributed by atoms with E-state index in [-0.39, 0.29) is 0 Å². The monoisotopic (exact) mass is 277 g/mol. The summed E-state index contributed by atoms with van der Waals surface area (Å²) in [5, 5.41) is 0. The van der Waals surface area contributed by atoms with E-state index in [1.165, 1.54) is 12.8 Å². The summed E-state index contributed by atoms with van der Waals surface area (Å²) in [5.74, 6) is 9.33. The molecule has 0 saturated carbocycles. The Morgan fingerprint density at radius 3 is 2.55 bits per heavy atom. The van der Waals surface area contributed by atoms with Crippen molar-refractivity contribution in [3.63, 3.8) is 0 Å². The van der Waals surface area contributed by atoms with Gasteiger partial charge in [0.1, 0.15) is 17.5 Å². The Balaban J connectivity index is 2.41. The van der Waals surface area contributed by atoms with Crippen molar-refractivity contribution < 1.29 is 0 Å². The van der Waals surface area contributed by atoms with E-state index in [2.05, 4.69) is 43.0 Å². The van der Waals surface area contributed by atoms with E-state index in [4.69, 9.17) is 10.8 Å². The van der Waals surface area contributed by atoms with Crippen molar-refractivity contribution in [1.29, 1.82) is 0 Å². The number of nitrogens with one attached hydrogen (secondary N) is 1. The highest BCUT2D eigenvalue weighted by atomic mass is 15.3. The van der Waals surface area contributed by atoms with Gasteiger partial charge in [-0.1, -0.05) is 20.8 Å². The minimum atomic E-state index is 0.292. The van der Waals surface area contributed by atoms with Crippen LogP contribution in [0.4, 0.5) is 11.6 Å². The topological polar surface area (TPSA) is 67.1 Å². The van der Waals surface area contributed by atoms with E-state index in [0.717, 1.165) is 35.5 Å². The molecule has 2 heterocycles. The molecule has 5 heteroatoms. The van der Waals surface area contributed by atoms with Crippen LogP contribution in [0.15, 0.2) is 0 Å². The van der Waals surface area contributed by atoms with E-state index >= 15 is 0 Å². The molecule has 112 valence electrons. The van der Waals surface area contributed by atoms with Crippen molar-refractivity contribution in [3.05, 3.63) is 11.4 Å². The number of hydrazine groups is 1. The van der Waals surface area contributed by atoms with Gasteiger partial charge in [-0.3, -0.25) is 0 Å². The molecule has 0 aromatic carbocycles. The van der Waals surface area contributed by atoms with Gasteiger partial charge in [-0.25, -0.2) is 15.8 Å². The third kappa shape index (κ3) is 2.87. The Morgan fingerprint density at radius 1 is 1.30 bits per heavy atom. The molecular weight excluding hydrogens is 250 g/mol. The Hall–Kier alpha value is -1.36. The lowest BCUT2D eigenvalue weighted by Gasteiger charge is -2.38. The average molecular weight is 277 g/mol. The van der Waals surface area contributed by atoms with Gasteiger partial charge >= 0.3 is 0 Å². The highest BCUT2D eigenvalue weighted by Crippen LogP contribution is 2.31. The van der Waals surface area contributed by atoms with Gasteiger partial charge in [-0.05, 0) is 32.6 Å². The molecular formula is C15H27N5. The van der Waals surface area contributed by atoms with Crippen molar-refractivity contribution in [1.82, 2.24) is 9.97 Å². The number of hydrogen-bond acceptors (Lipinski definition) is 5. The quantitative estimate of drug-likeness (QED) is 0.657. The van der Waals surface area contributed by atoms with Gasteiger partial charge in [0.15, 0.2) is 0 Å². The number of nitrogens with two attached hydrogens (primary N) is 1. The molecule has 1 fully saturated rings. The fourth-order valence-corrected chi connectivity index (χ4v) is 2.92. The molecule has 20 heavy (non-hydrogen) atoms. The number of nitrogens with zero attached hydrogens (tertiary/aromatic N) is 3. The number of anilines is 2. The molecule has 2 rings (SSSR count). The van der Waals surface area contributed by atoms with Crippen molar-refractivity contribution in [3.8, 4) is 0 Å². The molecule has 1 saturated heterocycles. The number of rotatable bonds is 3. The fourth-order valence-electron chi connectivity index (χ4n) is 2.92. The average Bonchev–Trinajstić information content (AvgIpc) is 2.39. The molecule has 1 aromatic rings. The van der Waals surface area contributed by atoms with Crippen LogP contribution in [0.3, 0.4) is 0 Å². The Labute approximate surface area is 121 Å². The SMILES string of the molecule is Cc1c(NN)nc(C(C)C)nc1N1CCC(C)CC1C.